The molecule has 2 aromatic carbocycles. The number of methoxy groups -OCH3 is 1. The molecule has 0 spiro atoms. The first kappa shape index (κ1) is 16.8. The second kappa shape index (κ2) is 8.17. The van der Waals surface area contributed by atoms with E-state index in [0.29, 0.717) is 17.1 Å². The summed E-state index contributed by atoms with van der Waals surface area (Å²) < 4.78 is 10.4. The molecule has 23 heavy (non-hydrogen) atoms. The van der Waals surface area contributed by atoms with Gasteiger partial charge >= 0.3 is 5.97 Å². The second-order valence-electron chi connectivity index (χ2n) is 4.86. The summed E-state index contributed by atoms with van der Waals surface area (Å²) in [6, 6.07) is 13.8. The van der Waals surface area contributed by atoms with Crippen molar-refractivity contribution in [3.8, 4) is 11.5 Å². The molecule has 0 saturated heterocycles. The van der Waals surface area contributed by atoms with E-state index in [1.807, 2.05) is 12.1 Å². The fourth-order valence-electron chi connectivity index (χ4n) is 1.88. The van der Waals surface area contributed by atoms with Gasteiger partial charge in [-0.15, -0.1) is 0 Å². The van der Waals surface area contributed by atoms with E-state index in [4.69, 9.17) is 9.84 Å². The highest BCUT2D eigenvalue weighted by Crippen LogP contribution is 2.24. The lowest BCUT2D eigenvalue weighted by molar-refractivity contribution is 0.0600. The molecule has 0 aliphatic carbocycles. The van der Waals surface area contributed by atoms with Crippen LogP contribution in [0.2, 0.25) is 0 Å². The highest BCUT2D eigenvalue weighted by Gasteiger charge is 2.06. The van der Waals surface area contributed by atoms with Gasteiger partial charge in [0.25, 0.3) is 0 Å². The van der Waals surface area contributed by atoms with Crippen LogP contribution in [0.15, 0.2) is 48.5 Å². The van der Waals surface area contributed by atoms with E-state index < -0.39 is 12.1 Å². The molecule has 0 radical (unpaired) electrons. The van der Waals surface area contributed by atoms with Gasteiger partial charge < -0.3 is 25.0 Å². The van der Waals surface area contributed by atoms with Gasteiger partial charge in [-0.2, -0.15) is 0 Å². The quantitative estimate of drug-likeness (QED) is 0.677. The van der Waals surface area contributed by atoms with E-state index in [0.717, 1.165) is 5.69 Å². The van der Waals surface area contributed by atoms with Crippen LogP contribution in [0, 0.1) is 0 Å². The van der Waals surface area contributed by atoms with Crippen LogP contribution in [0.5, 0.6) is 11.5 Å². The lowest BCUT2D eigenvalue weighted by atomic mass is 10.2. The smallest absolute Gasteiger partial charge is 0.337 e. The third kappa shape index (κ3) is 4.98. The Hall–Kier alpha value is -2.57. The Morgan fingerprint density at radius 1 is 1.17 bits per heavy atom. The minimum Gasteiger partial charge on any atom is -0.465 e. The van der Waals surface area contributed by atoms with Gasteiger partial charge in [-0.05, 0) is 36.4 Å². The Bertz CT molecular complexity index is 642. The van der Waals surface area contributed by atoms with Crippen LogP contribution in [0.3, 0.4) is 0 Å². The van der Waals surface area contributed by atoms with E-state index in [-0.39, 0.29) is 13.2 Å². The molecule has 1 atom stereocenters. The minimum atomic E-state index is -0.814. The van der Waals surface area contributed by atoms with Crippen LogP contribution >= 0.6 is 0 Å². The lowest BCUT2D eigenvalue weighted by Gasteiger charge is -2.12. The molecule has 1 unspecified atom stereocenters. The van der Waals surface area contributed by atoms with Crippen molar-refractivity contribution < 1.29 is 24.5 Å². The zero-order valence-electron chi connectivity index (χ0n) is 12.7. The summed E-state index contributed by atoms with van der Waals surface area (Å²) in [5, 5.41) is 21.1. The van der Waals surface area contributed by atoms with Gasteiger partial charge in [0.1, 0.15) is 11.5 Å². The summed E-state index contributed by atoms with van der Waals surface area (Å²) in [5.74, 6) is 0.801. The fraction of sp³-hybridized carbons (Fsp3) is 0.235. The first-order chi connectivity index (χ1) is 11.1. The number of hydrogen-bond donors (Lipinski definition) is 3. The zero-order valence-corrected chi connectivity index (χ0v) is 12.7. The average molecular weight is 317 g/mol. The Morgan fingerprint density at radius 3 is 2.57 bits per heavy atom. The van der Waals surface area contributed by atoms with E-state index in [1.165, 1.54) is 7.11 Å². The number of benzene rings is 2. The Morgan fingerprint density at radius 2 is 1.91 bits per heavy atom. The Kier molecular flexibility index (Phi) is 5.96. The van der Waals surface area contributed by atoms with Crippen LogP contribution in [-0.2, 0) is 4.74 Å². The molecule has 3 N–H and O–H groups in total. The van der Waals surface area contributed by atoms with Crippen molar-refractivity contribution in [1.82, 2.24) is 0 Å². The van der Waals surface area contributed by atoms with Crippen LogP contribution in [0.4, 0.5) is 5.69 Å². The van der Waals surface area contributed by atoms with Crippen molar-refractivity contribution in [2.24, 2.45) is 0 Å². The average Bonchev–Trinajstić information content (AvgIpc) is 2.60. The summed E-state index contributed by atoms with van der Waals surface area (Å²) in [6.07, 6.45) is -0.814. The van der Waals surface area contributed by atoms with E-state index in [1.54, 1.807) is 36.4 Å². The molecule has 0 saturated carbocycles. The Balaban J connectivity index is 2.01. The molecule has 0 aliphatic rings. The molecule has 2 rings (SSSR count). The number of anilines is 1. The van der Waals surface area contributed by atoms with Gasteiger partial charge in [-0.1, -0.05) is 6.07 Å². The van der Waals surface area contributed by atoms with Gasteiger partial charge in [0, 0.05) is 18.3 Å². The maximum atomic E-state index is 11.4. The molecule has 0 aliphatic heterocycles. The molecular weight excluding hydrogens is 298 g/mol. The molecule has 0 fully saturated rings. The van der Waals surface area contributed by atoms with E-state index in [9.17, 15) is 9.90 Å². The predicted molar refractivity (Wildman–Crippen MR) is 85.9 cm³/mol. The van der Waals surface area contributed by atoms with Gasteiger partial charge in [-0.25, -0.2) is 4.79 Å². The third-order valence-electron chi connectivity index (χ3n) is 3.10. The van der Waals surface area contributed by atoms with Gasteiger partial charge in [-0.3, -0.25) is 0 Å². The van der Waals surface area contributed by atoms with Crippen molar-refractivity contribution in [3.63, 3.8) is 0 Å². The number of carbonyl (C=O) groups is 1. The van der Waals surface area contributed by atoms with Gasteiger partial charge in [0.05, 0.1) is 25.4 Å². The van der Waals surface area contributed by atoms with Crippen molar-refractivity contribution >= 4 is 11.7 Å². The monoisotopic (exact) mass is 317 g/mol. The fourth-order valence-corrected chi connectivity index (χ4v) is 1.88. The summed E-state index contributed by atoms with van der Waals surface area (Å²) in [6.45, 7) is -0.0521. The standard InChI is InChI=1S/C17H19NO5/c1-22-17(21)12-5-7-15(8-6-12)23-16-4-2-3-13(9-16)18-10-14(20)11-19/h2-9,14,18-20H,10-11H2,1H3. The summed E-state index contributed by atoms with van der Waals surface area (Å²) in [7, 11) is 1.33. The largest absolute Gasteiger partial charge is 0.465 e. The molecule has 0 amide bonds. The first-order valence-electron chi connectivity index (χ1n) is 7.11. The summed E-state index contributed by atoms with van der Waals surface area (Å²) in [5.41, 5.74) is 1.22. The molecule has 2 aromatic rings. The molecule has 0 aromatic heterocycles. The topological polar surface area (TPSA) is 88.0 Å². The molecule has 122 valence electrons. The number of esters is 1. The molecule has 6 nitrogen and oxygen atoms in total. The molecular formula is C17H19NO5. The molecule has 0 heterocycles. The number of aliphatic hydroxyl groups is 2. The van der Waals surface area contributed by atoms with Crippen molar-refractivity contribution in [2.75, 3.05) is 25.6 Å². The number of hydrogen-bond acceptors (Lipinski definition) is 6. The van der Waals surface area contributed by atoms with Crippen LogP contribution < -0.4 is 10.1 Å². The van der Waals surface area contributed by atoms with Crippen LogP contribution in [0.1, 0.15) is 10.4 Å². The van der Waals surface area contributed by atoms with Gasteiger partial charge in [0.15, 0.2) is 0 Å². The number of ether oxygens (including phenoxy) is 2. The number of carbonyl (C=O) groups excluding carboxylic acids is 1. The minimum absolute atomic E-state index is 0.244. The number of nitrogens with one attached hydrogen (secondary N) is 1. The highest BCUT2D eigenvalue weighted by atomic mass is 16.5. The van der Waals surface area contributed by atoms with Crippen LogP contribution in [0.25, 0.3) is 0 Å². The van der Waals surface area contributed by atoms with Crippen LogP contribution in [-0.4, -0.2) is 42.5 Å². The summed E-state index contributed by atoms with van der Waals surface area (Å²) >= 11 is 0. The maximum Gasteiger partial charge on any atom is 0.337 e. The van der Waals surface area contributed by atoms with E-state index in [2.05, 4.69) is 10.1 Å². The van der Waals surface area contributed by atoms with Crippen molar-refractivity contribution in [2.45, 2.75) is 6.10 Å². The van der Waals surface area contributed by atoms with Crippen molar-refractivity contribution in [1.29, 1.82) is 0 Å². The zero-order chi connectivity index (χ0) is 16.7. The summed E-state index contributed by atoms with van der Waals surface area (Å²) in [4.78, 5) is 11.4. The highest BCUT2D eigenvalue weighted by molar-refractivity contribution is 5.89. The maximum absolute atomic E-state index is 11.4. The number of rotatable bonds is 7. The van der Waals surface area contributed by atoms with Crippen molar-refractivity contribution in [3.05, 3.63) is 54.1 Å². The third-order valence-corrected chi connectivity index (χ3v) is 3.10. The Labute approximate surface area is 134 Å². The van der Waals surface area contributed by atoms with E-state index >= 15 is 0 Å². The number of aliphatic hydroxyl groups excluding tert-OH is 2. The predicted octanol–water partition coefficient (Wildman–Crippen LogP) is 2.03. The molecule has 0 bridgehead atoms. The second-order valence-corrected chi connectivity index (χ2v) is 4.86. The van der Waals surface area contributed by atoms with Gasteiger partial charge in [0.2, 0.25) is 0 Å². The lowest BCUT2D eigenvalue weighted by Crippen LogP contribution is -2.22. The SMILES string of the molecule is COC(=O)c1ccc(Oc2cccc(NCC(O)CO)c2)cc1. The normalized spacial score (nSPS) is 11.6. The molecule has 6 heteroatoms. The first-order valence-corrected chi connectivity index (χ1v) is 7.11.